The molecule has 4 heteroatoms. The Bertz CT molecular complexity index is 212. The molecule has 2 atom stereocenters. The van der Waals surface area contributed by atoms with E-state index in [1.54, 1.807) is 14.2 Å². The van der Waals surface area contributed by atoms with Crippen LogP contribution < -0.4 is 5.32 Å². The van der Waals surface area contributed by atoms with Crippen molar-refractivity contribution in [1.29, 1.82) is 0 Å². The van der Waals surface area contributed by atoms with Gasteiger partial charge in [-0.3, -0.25) is 4.90 Å². The first kappa shape index (κ1) is 15.9. The second-order valence-corrected chi connectivity index (χ2v) is 5.77. The minimum Gasteiger partial charge on any atom is -0.384 e. The molecule has 1 aliphatic heterocycles. The molecule has 0 aromatic rings. The van der Waals surface area contributed by atoms with Crippen molar-refractivity contribution in [3.63, 3.8) is 0 Å². The molecule has 1 fully saturated rings. The summed E-state index contributed by atoms with van der Waals surface area (Å²) in [5.41, 5.74) is 0. The van der Waals surface area contributed by atoms with Gasteiger partial charge in [0.2, 0.25) is 0 Å². The van der Waals surface area contributed by atoms with Crippen LogP contribution in [-0.4, -0.2) is 64.6 Å². The van der Waals surface area contributed by atoms with Gasteiger partial charge in [0, 0.05) is 33.4 Å². The Kier molecular flexibility index (Phi) is 7.82. The minimum atomic E-state index is 0.496. The lowest BCUT2D eigenvalue weighted by Crippen LogP contribution is -2.44. The maximum Gasteiger partial charge on any atom is 0.0630 e. The lowest BCUT2D eigenvalue weighted by atomic mass is 10.1. The van der Waals surface area contributed by atoms with E-state index in [1.807, 2.05) is 0 Å². The number of methoxy groups -OCH3 is 2. The van der Waals surface area contributed by atoms with Gasteiger partial charge in [0.05, 0.1) is 13.2 Å². The van der Waals surface area contributed by atoms with Crippen LogP contribution in [0.15, 0.2) is 0 Å². The van der Waals surface area contributed by atoms with Gasteiger partial charge >= 0.3 is 0 Å². The molecule has 1 rings (SSSR count). The van der Waals surface area contributed by atoms with E-state index in [-0.39, 0.29) is 0 Å². The third-order valence-corrected chi connectivity index (χ3v) is 3.53. The van der Waals surface area contributed by atoms with Crippen LogP contribution in [0.4, 0.5) is 0 Å². The quantitative estimate of drug-likeness (QED) is 0.674. The van der Waals surface area contributed by atoms with Crippen molar-refractivity contribution in [2.24, 2.45) is 11.8 Å². The van der Waals surface area contributed by atoms with Crippen LogP contribution in [0.1, 0.15) is 20.3 Å². The van der Waals surface area contributed by atoms with Gasteiger partial charge in [-0.25, -0.2) is 0 Å². The van der Waals surface area contributed by atoms with E-state index in [1.165, 1.54) is 13.0 Å². The molecule has 1 saturated heterocycles. The van der Waals surface area contributed by atoms with Gasteiger partial charge in [-0.05, 0) is 31.3 Å². The van der Waals surface area contributed by atoms with Gasteiger partial charge in [0.25, 0.3) is 0 Å². The Morgan fingerprint density at radius 2 is 2.00 bits per heavy atom. The van der Waals surface area contributed by atoms with Crippen molar-refractivity contribution in [3.8, 4) is 0 Å². The summed E-state index contributed by atoms with van der Waals surface area (Å²) in [4.78, 5) is 2.54. The number of rotatable bonds is 9. The van der Waals surface area contributed by atoms with Gasteiger partial charge in [-0.1, -0.05) is 13.8 Å². The van der Waals surface area contributed by atoms with Crippen molar-refractivity contribution < 1.29 is 9.47 Å². The van der Waals surface area contributed by atoms with Gasteiger partial charge < -0.3 is 14.8 Å². The predicted octanol–water partition coefficient (Wildman–Crippen LogP) is 1.22. The van der Waals surface area contributed by atoms with Crippen molar-refractivity contribution in [2.75, 3.05) is 53.6 Å². The summed E-state index contributed by atoms with van der Waals surface area (Å²) in [5.74, 6) is 1.40. The normalized spacial score (nSPS) is 22.8. The third-order valence-electron chi connectivity index (χ3n) is 3.53. The first-order valence-corrected chi connectivity index (χ1v) is 7.10. The maximum absolute atomic E-state index is 5.36. The highest BCUT2D eigenvalue weighted by Gasteiger charge is 2.27. The van der Waals surface area contributed by atoms with Gasteiger partial charge in [-0.15, -0.1) is 0 Å². The molecule has 18 heavy (non-hydrogen) atoms. The molecule has 108 valence electrons. The highest BCUT2D eigenvalue weighted by Crippen LogP contribution is 2.18. The number of ether oxygens (including phenoxy) is 2. The first-order chi connectivity index (χ1) is 8.67. The van der Waals surface area contributed by atoms with Gasteiger partial charge in [-0.2, -0.15) is 0 Å². The van der Waals surface area contributed by atoms with Gasteiger partial charge in [0.15, 0.2) is 0 Å². The first-order valence-electron chi connectivity index (χ1n) is 7.10. The highest BCUT2D eigenvalue weighted by molar-refractivity contribution is 4.82. The molecule has 0 radical (unpaired) electrons. The van der Waals surface area contributed by atoms with Crippen molar-refractivity contribution >= 4 is 0 Å². The molecule has 4 nitrogen and oxygen atoms in total. The number of nitrogens with one attached hydrogen (secondary N) is 1. The van der Waals surface area contributed by atoms with Crippen LogP contribution in [0.25, 0.3) is 0 Å². The Labute approximate surface area is 112 Å². The minimum absolute atomic E-state index is 0.496. The van der Waals surface area contributed by atoms with Crippen LogP contribution in [0.3, 0.4) is 0 Å². The lowest BCUT2D eigenvalue weighted by Gasteiger charge is -2.28. The number of nitrogens with zero attached hydrogens (tertiary/aromatic N) is 1. The molecule has 0 saturated carbocycles. The lowest BCUT2D eigenvalue weighted by molar-refractivity contribution is 0.0948. The average Bonchev–Trinajstić information content (AvgIpc) is 2.76. The SMILES string of the molecule is COCC1CCN(C(CNCC(C)C)COC)C1. The zero-order valence-corrected chi connectivity index (χ0v) is 12.4. The van der Waals surface area contributed by atoms with E-state index in [0.29, 0.717) is 17.9 Å². The molecule has 0 spiro atoms. The third kappa shape index (κ3) is 5.65. The fourth-order valence-corrected chi connectivity index (χ4v) is 2.59. The predicted molar refractivity (Wildman–Crippen MR) is 74.9 cm³/mol. The van der Waals surface area contributed by atoms with Crippen LogP contribution in [0.5, 0.6) is 0 Å². The topological polar surface area (TPSA) is 33.7 Å². The van der Waals surface area contributed by atoms with E-state index < -0.39 is 0 Å². The Morgan fingerprint density at radius 1 is 1.22 bits per heavy atom. The summed E-state index contributed by atoms with van der Waals surface area (Å²) in [6.07, 6.45) is 1.25. The van der Waals surface area contributed by atoms with Crippen molar-refractivity contribution in [1.82, 2.24) is 10.2 Å². The molecular weight excluding hydrogens is 228 g/mol. The summed E-state index contributed by atoms with van der Waals surface area (Å²) in [6, 6.07) is 0.496. The molecule has 0 aromatic carbocycles. The summed E-state index contributed by atoms with van der Waals surface area (Å²) in [5, 5.41) is 3.54. The fraction of sp³-hybridized carbons (Fsp3) is 1.00. The van der Waals surface area contributed by atoms with Crippen LogP contribution in [-0.2, 0) is 9.47 Å². The summed E-state index contributed by atoms with van der Waals surface area (Å²) in [6.45, 7) is 10.6. The molecule has 0 bridgehead atoms. The standard InChI is InChI=1S/C14H30N2O2/c1-12(2)7-15-8-14(11-18-4)16-6-5-13(9-16)10-17-3/h12-15H,5-11H2,1-4H3. The second-order valence-electron chi connectivity index (χ2n) is 5.77. The maximum atomic E-state index is 5.36. The summed E-state index contributed by atoms with van der Waals surface area (Å²) < 4.78 is 10.6. The molecule has 1 N–H and O–H groups in total. The molecule has 0 aromatic heterocycles. The number of hydrogen-bond acceptors (Lipinski definition) is 4. The molecule has 0 aliphatic carbocycles. The van der Waals surface area contributed by atoms with E-state index in [2.05, 4.69) is 24.1 Å². The highest BCUT2D eigenvalue weighted by atomic mass is 16.5. The smallest absolute Gasteiger partial charge is 0.0630 e. The Morgan fingerprint density at radius 3 is 2.61 bits per heavy atom. The number of likely N-dealkylation sites (tertiary alicyclic amines) is 1. The van der Waals surface area contributed by atoms with E-state index in [0.717, 1.165) is 32.8 Å². The van der Waals surface area contributed by atoms with E-state index >= 15 is 0 Å². The summed E-state index contributed by atoms with van der Waals surface area (Å²) in [7, 11) is 3.58. The van der Waals surface area contributed by atoms with Crippen molar-refractivity contribution in [2.45, 2.75) is 26.3 Å². The number of hydrogen-bond donors (Lipinski definition) is 1. The average molecular weight is 258 g/mol. The summed E-state index contributed by atoms with van der Waals surface area (Å²) >= 11 is 0. The van der Waals surface area contributed by atoms with Gasteiger partial charge in [0.1, 0.15) is 0 Å². The fourth-order valence-electron chi connectivity index (χ4n) is 2.59. The Balaban J connectivity index is 2.32. The van der Waals surface area contributed by atoms with Crippen LogP contribution in [0, 0.1) is 11.8 Å². The Hall–Kier alpha value is -0.160. The second kappa shape index (κ2) is 8.86. The van der Waals surface area contributed by atoms with Crippen LogP contribution in [0.2, 0.25) is 0 Å². The molecular formula is C14H30N2O2. The molecule has 1 heterocycles. The zero-order chi connectivity index (χ0) is 13.4. The largest absolute Gasteiger partial charge is 0.384 e. The molecule has 2 unspecified atom stereocenters. The molecule has 0 amide bonds. The van der Waals surface area contributed by atoms with E-state index in [9.17, 15) is 0 Å². The van der Waals surface area contributed by atoms with Crippen LogP contribution >= 0.6 is 0 Å². The monoisotopic (exact) mass is 258 g/mol. The van der Waals surface area contributed by atoms with Crippen molar-refractivity contribution in [3.05, 3.63) is 0 Å². The zero-order valence-electron chi connectivity index (χ0n) is 12.4. The molecule has 1 aliphatic rings. The van der Waals surface area contributed by atoms with E-state index in [4.69, 9.17) is 9.47 Å².